The van der Waals surface area contributed by atoms with Crippen LogP contribution in [0.25, 0.3) is 27.7 Å². The van der Waals surface area contributed by atoms with Crippen molar-refractivity contribution in [2.75, 3.05) is 25.6 Å². The van der Waals surface area contributed by atoms with Crippen molar-refractivity contribution in [3.8, 4) is 11.1 Å². The first kappa shape index (κ1) is 18.0. The molecule has 1 saturated carbocycles. The van der Waals surface area contributed by atoms with Gasteiger partial charge in [-0.3, -0.25) is 0 Å². The number of ether oxygens (including phenoxy) is 2. The van der Waals surface area contributed by atoms with Gasteiger partial charge in [0.25, 0.3) is 0 Å². The molecule has 0 aliphatic heterocycles. The second-order valence-electron chi connectivity index (χ2n) is 7.21. The highest BCUT2D eigenvalue weighted by atomic mass is 16.5. The van der Waals surface area contributed by atoms with Crippen molar-refractivity contribution in [3.63, 3.8) is 0 Å². The Morgan fingerprint density at radius 3 is 2.97 bits per heavy atom. The predicted molar refractivity (Wildman–Crippen MR) is 110 cm³/mol. The molecule has 148 valence electrons. The summed E-state index contributed by atoms with van der Waals surface area (Å²) in [6.07, 6.45) is 9.60. The van der Waals surface area contributed by atoms with Crippen molar-refractivity contribution in [3.05, 3.63) is 49.1 Å². The number of pyridine rings is 2. The first-order valence-electron chi connectivity index (χ1n) is 9.73. The summed E-state index contributed by atoms with van der Waals surface area (Å²) in [6, 6.07) is 8.40. The van der Waals surface area contributed by atoms with E-state index in [1.807, 2.05) is 41.3 Å². The van der Waals surface area contributed by atoms with E-state index < -0.39 is 0 Å². The van der Waals surface area contributed by atoms with Crippen LogP contribution >= 0.6 is 0 Å². The number of nitrogens with zero attached hydrogens (tertiary/aromatic N) is 5. The largest absolute Gasteiger partial charge is 0.382 e. The molecule has 1 aliphatic carbocycles. The fourth-order valence-corrected chi connectivity index (χ4v) is 3.62. The van der Waals surface area contributed by atoms with Crippen LogP contribution in [0.4, 0.5) is 5.95 Å². The number of methoxy groups -OCH3 is 1. The zero-order valence-electron chi connectivity index (χ0n) is 16.2. The van der Waals surface area contributed by atoms with Crippen molar-refractivity contribution < 1.29 is 9.47 Å². The summed E-state index contributed by atoms with van der Waals surface area (Å²) in [7, 11) is 1.68. The standard InChI is InChI=1S/C21H22N6O2/c1-28-7-8-29-17-10-16(11-17)25-21-24-13-19-18(4-6-27(19)26-21)15-9-14-3-2-5-22-20(14)23-12-15/h2-6,9,12-13,16-17H,7-8,10-11H2,1H3,(H,25,26)/t16-,17-. The van der Waals surface area contributed by atoms with E-state index in [-0.39, 0.29) is 0 Å². The van der Waals surface area contributed by atoms with Gasteiger partial charge >= 0.3 is 0 Å². The van der Waals surface area contributed by atoms with Crippen LogP contribution in [0.1, 0.15) is 12.8 Å². The molecule has 0 aromatic carbocycles. The zero-order valence-corrected chi connectivity index (χ0v) is 16.2. The van der Waals surface area contributed by atoms with E-state index >= 15 is 0 Å². The second kappa shape index (κ2) is 7.73. The molecule has 8 nitrogen and oxygen atoms in total. The van der Waals surface area contributed by atoms with Crippen molar-refractivity contribution in [1.82, 2.24) is 24.6 Å². The smallest absolute Gasteiger partial charge is 0.241 e. The Labute approximate surface area is 167 Å². The average molecular weight is 390 g/mol. The predicted octanol–water partition coefficient (Wildman–Crippen LogP) is 2.95. The van der Waals surface area contributed by atoms with E-state index in [9.17, 15) is 0 Å². The molecule has 0 atom stereocenters. The van der Waals surface area contributed by atoms with Crippen LogP contribution in [-0.2, 0) is 9.47 Å². The Balaban J connectivity index is 1.30. The van der Waals surface area contributed by atoms with E-state index in [2.05, 4.69) is 31.4 Å². The Hall–Kier alpha value is -3.10. The topological polar surface area (TPSA) is 86.5 Å². The molecule has 1 aliphatic rings. The normalized spacial score (nSPS) is 18.8. The number of hydrogen-bond donors (Lipinski definition) is 1. The molecule has 1 fully saturated rings. The van der Waals surface area contributed by atoms with Crippen molar-refractivity contribution in [1.29, 1.82) is 0 Å². The third-order valence-corrected chi connectivity index (χ3v) is 5.25. The van der Waals surface area contributed by atoms with Crippen LogP contribution < -0.4 is 5.32 Å². The third kappa shape index (κ3) is 3.64. The molecule has 0 radical (unpaired) electrons. The molecule has 29 heavy (non-hydrogen) atoms. The lowest BCUT2D eigenvalue weighted by atomic mass is 9.89. The molecule has 4 aromatic rings. The zero-order chi connectivity index (χ0) is 19.6. The maximum absolute atomic E-state index is 5.72. The summed E-state index contributed by atoms with van der Waals surface area (Å²) < 4.78 is 12.6. The van der Waals surface area contributed by atoms with E-state index in [1.54, 1.807) is 13.3 Å². The van der Waals surface area contributed by atoms with Gasteiger partial charge in [-0.25, -0.2) is 19.5 Å². The average Bonchev–Trinajstić information content (AvgIpc) is 3.15. The van der Waals surface area contributed by atoms with Gasteiger partial charge in [0.15, 0.2) is 5.65 Å². The van der Waals surface area contributed by atoms with Crippen LogP contribution in [0, 0.1) is 0 Å². The monoisotopic (exact) mass is 390 g/mol. The molecule has 0 unspecified atom stereocenters. The van der Waals surface area contributed by atoms with Gasteiger partial charge in [0.05, 0.1) is 31.0 Å². The Kier molecular flexibility index (Phi) is 4.79. The van der Waals surface area contributed by atoms with Gasteiger partial charge in [-0.1, -0.05) is 0 Å². The summed E-state index contributed by atoms with van der Waals surface area (Å²) in [5.41, 5.74) is 3.75. The quantitative estimate of drug-likeness (QED) is 0.486. The molecule has 0 spiro atoms. The number of fused-ring (bicyclic) bond motifs is 2. The second-order valence-corrected chi connectivity index (χ2v) is 7.21. The summed E-state index contributed by atoms with van der Waals surface area (Å²) in [5, 5.41) is 9.01. The van der Waals surface area contributed by atoms with Crippen LogP contribution in [-0.4, -0.2) is 57.0 Å². The van der Waals surface area contributed by atoms with Gasteiger partial charge < -0.3 is 14.8 Å². The maximum Gasteiger partial charge on any atom is 0.241 e. The van der Waals surface area contributed by atoms with Gasteiger partial charge in [0, 0.05) is 48.3 Å². The minimum Gasteiger partial charge on any atom is -0.382 e. The summed E-state index contributed by atoms with van der Waals surface area (Å²) in [4.78, 5) is 13.3. The maximum atomic E-state index is 5.72. The lowest BCUT2D eigenvalue weighted by Gasteiger charge is -2.35. The highest BCUT2D eigenvalue weighted by molar-refractivity contribution is 5.86. The van der Waals surface area contributed by atoms with Gasteiger partial charge in [0.1, 0.15) is 0 Å². The Bertz CT molecular complexity index is 1140. The lowest BCUT2D eigenvalue weighted by molar-refractivity contribution is -0.0261. The minimum absolute atomic E-state index is 0.291. The highest BCUT2D eigenvalue weighted by Crippen LogP contribution is 2.28. The highest BCUT2D eigenvalue weighted by Gasteiger charge is 2.30. The molecular weight excluding hydrogens is 368 g/mol. The molecule has 4 heterocycles. The first-order chi connectivity index (χ1) is 14.3. The van der Waals surface area contributed by atoms with Crippen molar-refractivity contribution >= 4 is 22.5 Å². The fraction of sp³-hybridized carbons (Fsp3) is 0.333. The molecular formula is C21H22N6O2. The van der Waals surface area contributed by atoms with Crippen LogP contribution in [0.3, 0.4) is 0 Å². The molecule has 1 N–H and O–H groups in total. The van der Waals surface area contributed by atoms with Crippen molar-refractivity contribution in [2.24, 2.45) is 0 Å². The number of nitrogens with one attached hydrogen (secondary N) is 1. The van der Waals surface area contributed by atoms with E-state index in [1.165, 1.54) is 0 Å². The molecule has 0 bridgehead atoms. The lowest BCUT2D eigenvalue weighted by Crippen LogP contribution is -2.41. The summed E-state index contributed by atoms with van der Waals surface area (Å²) >= 11 is 0. The summed E-state index contributed by atoms with van der Waals surface area (Å²) in [6.45, 7) is 1.27. The molecule has 0 saturated heterocycles. The molecule has 4 aromatic heterocycles. The van der Waals surface area contributed by atoms with Gasteiger partial charge in [-0.15, -0.1) is 5.10 Å². The fourth-order valence-electron chi connectivity index (χ4n) is 3.62. The molecule has 8 heteroatoms. The minimum atomic E-state index is 0.291. The van der Waals surface area contributed by atoms with Gasteiger partial charge in [0.2, 0.25) is 5.95 Å². The van der Waals surface area contributed by atoms with Crippen LogP contribution in [0.5, 0.6) is 0 Å². The Morgan fingerprint density at radius 2 is 2.07 bits per heavy atom. The number of anilines is 1. The van der Waals surface area contributed by atoms with E-state index in [4.69, 9.17) is 9.47 Å². The van der Waals surface area contributed by atoms with Gasteiger partial charge in [-0.05, 0) is 37.1 Å². The van der Waals surface area contributed by atoms with Crippen LogP contribution in [0.2, 0.25) is 0 Å². The Morgan fingerprint density at radius 1 is 1.14 bits per heavy atom. The first-order valence-corrected chi connectivity index (χ1v) is 9.73. The summed E-state index contributed by atoms with van der Waals surface area (Å²) in [5.74, 6) is 0.626. The van der Waals surface area contributed by atoms with Crippen LogP contribution in [0.15, 0.2) is 49.1 Å². The number of rotatable bonds is 7. The van der Waals surface area contributed by atoms with E-state index in [0.717, 1.165) is 40.5 Å². The number of aromatic nitrogens is 5. The van der Waals surface area contributed by atoms with Crippen molar-refractivity contribution in [2.45, 2.75) is 25.0 Å². The van der Waals surface area contributed by atoms with Gasteiger partial charge in [-0.2, -0.15) is 0 Å². The van der Waals surface area contributed by atoms with E-state index in [0.29, 0.717) is 31.3 Å². The number of hydrogen-bond acceptors (Lipinski definition) is 7. The SMILES string of the molecule is COCCO[C@H]1C[C@H](Nc2ncc3c(-c4cnc5ncccc5c4)ccn3n2)C1. The molecule has 0 amide bonds. The third-order valence-electron chi connectivity index (χ3n) is 5.25. The molecule has 5 rings (SSSR count).